The van der Waals surface area contributed by atoms with Gasteiger partial charge in [-0.3, -0.25) is 4.79 Å². The summed E-state index contributed by atoms with van der Waals surface area (Å²) in [5, 5.41) is 3.21. The van der Waals surface area contributed by atoms with Crippen LogP contribution in [0.1, 0.15) is 29.4 Å². The average Bonchev–Trinajstić information content (AvgIpc) is 3.35. The molecule has 5 rings (SSSR count). The van der Waals surface area contributed by atoms with Gasteiger partial charge in [0.1, 0.15) is 24.7 Å². The zero-order valence-electron chi connectivity index (χ0n) is 16.6. The lowest BCUT2D eigenvalue weighted by atomic mass is 10.1. The van der Waals surface area contributed by atoms with Crippen molar-refractivity contribution in [2.24, 2.45) is 0 Å². The van der Waals surface area contributed by atoms with Crippen LogP contribution in [0.3, 0.4) is 0 Å². The van der Waals surface area contributed by atoms with E-state index >= 15 is 0 Å². The summed E-state index contributed by atoms with van der Waals surface area (Å²) in [6.07, 6.45) is 1.95. The van der Waals surface area contributed by atoms with Crippen LogP contribution in [0.15, 0.2) is 78.9 Å². The van der Waals surface area contributed by atoms with Gasteiger partial charge in [0.05, 0.1) is 17.1 Å². The van der Waals surface area contributed by atoms with Crippen LogP contribution in [-0.2, 0) is 24.4 Å². The zero-order chi connectivity index (χ0) is 20.3. The van der Waals surface area contributed by atoms with Gasteiger partial charge < -0.3 is 14.6 Å². The highest BCUT2D eigenvalue weighted by Gasteiger charge is 2.24. The molecule has 0 radical (unpaired) electrons. The van der Waals surface area contributed by atoms with Gasteiger partial charge in [-0.1, -0.05) is 54.6 Å². The standard InChI is InChI=1S/C25H23N3O2/c29-25(27-21-15-14-18-8-4-5-11-20(18)21)16-28-23-13-7-6-12-22(23)26-24(28)17-30-19-9-2-1-3-10-19/h1-13,21H,14-17H2,(H,27,29)/t21-/m1/s1. The van der Waals surface area contributed by atoms with Crippen molar-refractivity contribution in [3.63, 3.8) is 0 Å². The lowest BCUT2D eigenvalue weighted by molar-refractivity contribution is -0.122. The Bertz CT molecular complexity index is 1180. The average molecular weight is 397 g/mol. The van der Waals surface area contributed by atoms with Gasteiger partial charge in [-0.15, -0.1) is 0 Å². The monoisotopic (exact) mass is 397 g/mol. The summed E-state index contributed by atoms with van der Waals surface area (Å²) < 4.78 is 7.86. The summed E-state index contributed by atoms with van der Waals surface area (Å²) in [6.45, 7) is 0.519. The molecule has 0 saturated carbocycles. The summed E-state index contributed by atoms with van der Waals surface area (Å²) >= 11 is 0. The van der Waals surface area contributed by atoms with Crippen LogP contribution in [0.4, 0.5) is 0 Å². The first-order valence-corrected chi connectivity index (χ1v) is 10.3. The highest BCUT2D eigenvalue weighted by Crippen LogP contribution is 2.30. The lowest BCUT2D eigenvalue weighted by Crippen LogP contribution is -2.31. The molecule has 1 aliphatic carbocycles. The van der Waals surface area contributed by atoms with Crippen LogP contribution < -0.4 is 10.1 Å². The molecule has 0 unspecified atom stereocenters. The number of fused-ring (bicyclic) bond motifs is 2. The van der Waals surface area contributed by atoms with Crippen molar-refractivity contribution in [2.75, 3.05) is 0 Å². The molecule has 1 heterocycles. The maximum atomic E-state index is 12.9. The summed E-state index contributed by atoms with van der Waals surface area (Å²) in [5.41, 5.74) is 4.36. The molecule has 0 spiro atoms. The third-order valence-corrected chi connectivity index (χ3v) is 5.61. The molecular weight excluding hydrogens is 374 g/mol. The zero-order valence-corrected chi connectivity index (χ0v) is 16.6. The van der Waals surface area contributed by atoms with Crippen molar-refractivity contribution < 1.29 is 9.53 Å². The molecular formula is C25H23N3O2. The molecule has 4 aromatic rings. The van der Waals surface area contributed by atoms with E-state index < -0.39 is 0 Å². The van der Waals surface area contributed by atoms with E-state index in [0.717, 1.165) is 35.4 Å². The Kier molecular flexibility index (Phi) is 4.93. The molecule has 5 nitrogen and oxygen atoms in total. The molecule has 3 aromatic carbocycles. The molecule has 1 atom stereocenters. The normalized spacial score (nSPS) is 15.1. The molecule has 0 saturated heterocycles. The molecule has 0 bridgehead atoms. The summed E-state index contributed by atoms with van der Waals surface area (Å²) in [5.74, 6) is 1.51. The van der Waals surface area contributed by atoms with Crippen LogP contribution in [0.5, 0.6) is 5.75 Å². The number of rotatable bonds is 6. The Morgan fingerprint density at radius 1 is 1.00 bits per heavy atom. The largest absolute Gasteiger partial charge is 0.486 e. The molecule has 1 N–H and O–H groups in total. The second-order valence-corrected chi connectivity index (χ2v) is 7.56. The number of ether oxygens (including phenoxy) is 1. The number of imidazole rings is 1. The van der Waals surface area contributed by atoms with Crippen LogP contribution in [0, 0.1) is 0 Å². The number of benzene rings is 3. The number of aromatic nitrogens is 2. The Balaban J connectivity index is 1.36. The molecule has 1 aromatic heterocycles. The first-order chi connectivity index (χ1) is 14.8. The maximum Gasteiger partial charge on any atom is 0.240 e. The highest BCUT2D eigenvalue weighted by molar-refractivity contribution is 5.81. The minimum absolute atomic E-state index is 0.0131. The van der Waals surface area contributed by atoms with Crippen molar-refractivity contribution in [2.45, 2.75) is 32.0 Å². The fourth-order valence-corrected chi connectivity index (χ4v) is 4.17. The van der Waals surface area contributed by atoms with Crippen LogP contribution in [0.2, 0.25) is 0 Å². The summed E-state index contributed by atoms with van der Waals surface area (Å²) in [7, 11) is 0. The van der Waals surface area contributed by atoms with Gasteiger partial charge >= 0.3 is 0 Å². The van der Waals surface area contributed by atoms with Crippen molar-refractivity contribution in [1.29, 1.82) is 0 Å². The maximum absolute atomic E-state index is 12.9. The SMILES string of the molecule is O=C(Cn1c(COc2ccccc2)nc2ccccc21)N[C@@H]1CCc2ccccc21. The van der Waals surface area contributed by atoms with E-state index in [9.17, 15) is 4.79 Å². The Morgan fingerprint density at radius 3 is 2.67 bits per heavy atom. The second-order valence-electron chi connectivity index (χ2n) is 7.56. The number of hydrogen-bond donors (Lipinski definition) is 1. The van der Waals surface area contributed by atoms with Crippen LogP contribution in [0.25, 0.3) is 11.0 Å². The van der Waals surface area contributed by atoms with Gasteiger partial charge in [-0.25, -0.2) is 4.98 Å². The number of nitrogens with one attached hydrogen (secondary N) is 1. The van der Waals surface area contributed by atoms with Crippen LogP contribution in [-0.4, -0.2) is 15.5 Å². The third-order valence-electron chi connectivity index (χ3n) is 5.61. The van der Waals surface area contributed by atoms with E-state index in [-0.39, 0.29) is 18.5 Å². The van der Waals surface area contributed by atoms with E-state index in [4.69, 9.17) is 9.72 Å². The Labute approximate surface area is 175 Å². The molecule has 1 amide bonds. The smallest absolute Gasteiger partial charge is 0.240 e. The van der Waals surface area contributed by atoms with Gasteiger partial charge in [0, 0.05) is 0 Å². The number of carbonyl (C=O) groups excluding carboxylic acids is 1. The van der Waals surface area contributed by atoms with Gasteiger partial charge in [0.15, 0.2) is 0 Å². The number of carbonyl (C=O) groups is 1. The highest BCUT2D eigenvalue weighted by atomic mass is 16.5. The molecule has 150 valence electrons. The third kappa shape index (κ3) is 3.66. The van der Waals surface area contributed by atoms with Gasteiger partial charge in [-0.2, -0.15) is 0 Å². The second kappa shape index (κ2) is 8.03. The van der Waals surface area contributed by atoms with Crippen molar-refractivity contribution in [1.82, 2.24) is 14.9 Å². The number of nitrogens with zero attached hydrogens (tertiary/aromatic N) is 2. The van der Waals surface area contributed by atoms with E-state index in [0.29, 0.717) is 6.61 Å². The topological polar surface area (TPSA) is 56.2 Å². The molecule has 0 fully saturated rings. The van der Waals surface area contributed by atoms with E-state index in [2.05, 4.69) is 23.5 Å². The van der Waals surface area contributed by atoms with Crippen molar-refractivity contribution >= 4 is 16.9 Å². The number of aryl methyl sites for hydroxylation is 1. The number of para-hydroxylation sites is 3. The Morgan fingerprint density at radius 2 is 1.77 bits per heavy atom. The quantitative estimate of drug-likeness (QED) is 0.524. The van der Waals surface area contributed by atoms with Crippen molar-refractivity contribution in [3.8, 4) is 5.75 Å². The molecule has 30 heavy (non-hydrogen) atoms. The fourth-order valence-electron chi connectivity index (χ4n) is 4.17. The van der Waals surface area contributed by atoms with E-state index in [1.165, 1.54) is 11.1 Å². The van der Waals surface area contributed by atoms with Gasteiger partial charge in [-0.05, 0) is 48.2 Å². The predicted octanol–water partition coefficient (Wildman–Crippen LogP) is 4.42. The predicted molar refractivity (Wildman–Crippen MR) is 116 cm³/mol. The lowest BCUT2D eigenvalue weighted by Gasteiger charge is -2.16. The van der Waals surface area contributed by atoms with E-state index in [1.807, 2.05) is 65.2 Å². The number of amides is 1. The first-order valence-electron chi connectivity index (χ1n) is 10.3. The van der Waals surface area contributed by atoms with Crippen molar-refractivity contribution in [3.05, 3.63) is 95.8 Å². The van der Waals surface area contributed by atoms with Gasteiger partial charge in [0.25, 0.3) is 0 Å². The molecule has 5 heteroatoms. The Hall–Kier alpha value is -3.60. The number of hydrogen-bond acceptors (Lipinski definition) is 3. The summed E-state index contributed by atoms with van der Waals surface area (Å²) in [6, 6.07) is 25.9. The minimum atomic E-state index is -0.0131. The van der Waals surface area contributed by atoms with E-state index in [1.54, 1.807) is 0 Å². The molecule has 0 aliphatic heterocycles. The van der Waals surface area contributed by atoms with Gasteiger partial charge in [0.2, 0.25) is 5.91 Å². The first kappa shape index (κ1) is 18.4. The summed E-state index contributed by atoms with van der Waals surface area (Å²) in [4.78, 5) is 17.7. The van der Waals surface area contributed by atoms with Crippen LogP contribution >= 0.6 is 0 Å². The molecule has 1 aliphatic rings. The fraction of sp³-hybridized carbons (Fsp3) is 0.200. The minimum Gasteiger partial charge on any atom is -0.486 e.